The van der Waals surface area contributed by atoms with Crippen molar-refractivity contribution in [3.05, 3.63) is 11.6 Å². The molecular formula is C17H25ClN5O6P. The van der Waals surface area contributed by atoms with Gasteiger partial charge >= 0.3 is 7.60 Å². The summed E-state index contributed by atoms with van der Waals surface area (Å²) >= 11 is 6.17. The highest BCUT2D eigenvalue weighted by atomic mass is 35.5. The van der Waals surface area contributed by atoms with Crippen molar-refractivity contribution < 1.29 is 29.3 Å². The summed E-state index contributed by atoms with van der Waals surface area (Å²) in [7, 11) is -2.31. The third-order valence-corrected chi connectivity index (χ3v) is 6.91. The van der Waals surface area contributed by atoms with E-state index >= 15 is 0 Å². The Bertz CT molecular complexity index is 964. The van der Waals surface area contributed by atoms with Crippen molar-refractivity contribution >= 4 is 36.2 Å². The molecule has 4 unspecified atom stereocenters. The van der Waals surface area contributed by atoms with E-state index in [4.69, 9.17) is 26.1 Å². The minimum absolute atomic E-state index is 0.0233. The number of aromatic nitrogens is 4. The van der Waals surface area contributed by atoms with E-state index in [1.165, 1.54) is 10.9 Å². The number of hydrogen-bond acceptors (Lipinski definition) is 8. The first-order valence-corrected chi connectivity index (χ1v) is 12.0. The second-order valence-corrected chi connectivity index (χ2v) is 10.0. The SMILES string of the molecule is CN(c1nc(Cl)nc2c1ncn2C1OC(CCP(=O)(O)O)C(O)C1O)C1CCCC1. The topological polar surface area (TPSA) is 154 Å². The monoisotopic (exact) mass is 461 g/mol. The normalized spacial score (nSPS) is 27.9. The smallest absolute Gasteiger partial charge is 0.325 e. The second-order valence-electron chi connectivity index (χ2n) is 7.91. The van der Waals surface area contributed by atoms with E-state index in [9.17, 15) is 14.8 Å². The van der Waals surface area contributed by atoms with E-state index in [-0.39, 0.29) is 11.7 Å². The van der Waals surface area contributed by atoms with Gasteiger partial charge in [0.25, 0.3) is 0 Å². The number of aliphatic hydroxyl groups is 2. The molecule has 0 aromatic carbocycles. The highest BCUT2D eigenvalue weighted by molar-refractivity contribution is 7.51. The average Bonchev–Trinajstić information content (AvgIpc) is 3.40. The Labute approximate surface area is 177 Å². The van der Waals surface area contributed by atoms with E-state index in [1.54, 1.807) is 0 Å². The van der Waals surface area contributed by atoms with Crippen molar-refractivity contribution in [3.63, 3.8) is 0 Å². The Morgan fingerprint density at radius 1 is 1.27 bits per heavy atom. The lowest BCUT2D eigenvalue weighted by Gasteiger charge is -2.25. The molecule has 30 heavy (non-hydrogen) atoms. The molecule has 4 atom stereocenters. The van der Waals surface area contributed by atoms with Crippen LogP contribution in [0.3, 0.4) is 0 Å². The Morgan fingerprint density at radius 3 is 2.63 bits per heavy atom. The molecular weight excluding hydrogens is 437 g/mol. The van der Waals surface area contributed by atoms with E-state index in [1.807, 2.05) is 11.9 Å². The van der Waals surface area contributed by atoms with Crippen molar-refractivity contribution in [2.75, 3.05) is 18.1 Å². The molecule has 1 saturated heterocycles. The van der Waals surface area contributed by atoms with Gasteiger partial charge in [-0.05, 0) is 30.9 Å². The van der Waals surface area contributed by atoms with Crippen LogP contribution in [0.5, 0.6) is 0 Å². The van der Waals surface area contributed by atoms with E-state index in [0.29, 0.717) is 23.0 Å². The van der Waals surface area contributed by atoms with Gasteiger partial charge in [0, 0.05) is 13.1 Å². The first kappa shape index (κ1) is 21.9. The highest BCUT2D eigenvalue weighted by Crippen LogP contribution is 2.40. The van der Waals surface area contributed by atoms with Crippen LogP contribution in [-0.2, 0) is 9.30 Å². The molecule has 13 heteroatoms. The van der Waals surface area contributed by atoms with Gasteiger partial charge < -0.3 is 29.6 Å². The van der Waals surface area contributed by atoms with Crippen LogP contribution in [0.4, 0.5) is 5.82 Å². The second kappa shape index (κ2) is 8.31. The Balaban J connectivity index is 1.64. The summed E-state index contributed by atoms with van der Waals surface area (Å²) in [5, 5.41) is 20.8. The fourth-order valence-corrected chi connectivity index (χ4v) is 5.02. The van der Waals surface area contributed by atoms with Crippen LogP contribution >= 0.6 is 19.2 Å². The molecule has 1 aliphatic carbocycles. The summed E-state index contributed by atoms with van der Waals surface area (Å²) in [6.07, 6.45) is 0.703. The lowest BCUT2D eigenvalue weighted by atomic mass is 10.1. The maximum Gasteiger partial charge on any atom is 0.325 e. The molecule has 2 aliphatic rings. The molecule has 4 rings (SSSR count). The molecule has 2 fully saturated rings. The zero-order chi connectivity index (χ0) is 21.6. The van der Waals surface area contributed by atoms with E-state index in [2.05, 4.69) is 15.0 Å². The number of anilines is 1. The molecule has 2 aromatic rings. The Morgan fingerprint density at radius 2 is 1.97 bits per heavy atom. The molecule has 11 nitrogen and oxygen atoms in total. The van der Waals surface area contributed by atoms with Crippen molar-refractivity contribution in [2.24, 2.45) is 0 Å². The van der Waals surface area contributed by atoms with Gasteiger partial charge in [0.15, 0.2) is 23.2 Å². The fourth-order valence-electron chi connectivity index (χ4n) is 4.27. The third-order valence-electron chi connectivity index (χ3n) is 5.90. The number of fused-ring (bicyclic) bond motifs is 1. The maximum atomic E-state index is 11.2. The zero-order valence-corrected chi connectivity index (χ0v) is 18.0. The van der Waals surface area contributed by atoms with Gasteiger partial charge in [0.05, 0.1) is 18.6 Å². The van der Waals surface area contributed by atoms with Crippen LogP contribution < -0.4 is 4.90 Å². The summed E-state index contributed by atoms with van der Waals surface area (Å²) in [6, 6.07) is 0.330. The van der Waals surface area contributed by atoms with Crippen LogP contribution in [0.25, 0.3) is 11.2 Å². The highest BCUT2D eigenvalue weighted by Gasteiger charge is 2.44. The summed E-state index contributed by atoms with van der Waals surface area (Å²) in [6.45, 7) is 0. The Kier molecular flexibility index (Phi) is 6.06. The predicted octanol–water partition coefficient (Wildman–Crippen LogP) is 1.05. The Hall–Kier alpha value is -1.33. The maximum absolute atomic E-state index is 11.2. The molecule has 166 valence electrons. The molecule has 4 N–H and O–H groups in total. The first-order valence-electron chi connectivity index (χ1n) is 9.85. The standard InChI is InChI=1S/C17H25ClN5O6P/c1-22(9-4-2-3-5-9)14-11-15(21-17(18)20-14)23(8-19-11)16-13(25)12(24)10(29-16)6-7-30(26,27)28/h8-10,12-13,16,24-25H,2-7H2,1H3,(H2,26,27,28). The molecule has 0 bridgehead atoms. The summed E-state index contributed by atoms with van der Waals surface area (Å²) in [5.74, 6) is 0.585. The number of aliphatic hydroxyl groups excluding tert-OH is 2. The van der Waals surface area contributed by atoms with Crippen molar-refractivity contribution in [1.82, 2.24) is 19.5 Å². The van der Waals surface area contributed by atoms with Gasteiger partial charge in [-0.2, -0.15) is 9.97 Å². The number of imidazole rings is 1. The minimum Gasteiger partial charge on any atom is -0.388 e. The van der Waals surface area contributed by atoms with Gasteiger partial charge in [0.2, 0.25) is 5.28 Å². The van der Waals surface area contributed by atoms with Crippen LogP contribution in [0.1, 0.15) is 38.3 Å². The average molecular weight is 462 g/mol. The number of rotatable bonds is 6. The molecule has 1 saturated carbocycles. The largest absolute Gasteiger partial charge is 0.388 e. The summed E-state index contributed by atoms with van der Waals surface area (Å²) < 4.78 is 18.4. The van der Waals surface area contributed by atoms with Crippen LogP contribution in [0.2, 0.25) is 5.28 Å². The van der Waals surface area contributed by atoms with Gasteiger partial charge in [0.1, 0.15) is 12.2 Å². The molecule has 0 spiro atoms. The first-order chi connectivity index (χ1) is 14.2. The van der Waals surface area contributed by atoms with Crippen molar-refractivity contribution in [1.29, 1.82) is 0 Å². The van der Waals surface area contributed by atoms with Gasteiger partial charge in [-0.25, -0.2) is 4.98 Å². The fraction of sp³-hybridized carbons (Fsp3) is 0.706. The van der Waals surface area contributed by atoms with E-state index in [0.717, 1.165) is 25.7 Å². The van der Waals surface area contributed by atoms with Crippen LogP contribution in [-0.4, -0.2) is 77.1 Å². The van der Waals surface area contributed by atoms with Crippen molar-refractivity contribution in [3.8, 4) is 0 Å². The number of halogens is 1. The third kappa shape index (κ3) is 4.20. The van der Waals surface area contributed by atoms with E-state index < -0.39 is 38.3 Å². The summed E-state index contributed by atoms with van der Waals surface area (Å²) in [5.41, 5.74) is 0.847. The molecule has 0 radical (unpaired) electrons. The summed E-state index contributed by atoms with van der Waals surface area (Å²) in [4.78, 5) is 33.2. The molecule has 3 heterocycles. The van der Waals surface area contributed by atoms with Gasteiger partial charge in [-0.1, -0.05) is 12.8 Å². The van der Waals surface area contributed by atoms with Crippen LogP contribution in [0, 0.1) is 0 Å². The number of hydrogen-bond donors (Lipinski definition) is 4. The van der Waals surface area contributed by atoms with Gasteiger partial charge in [-0.15, -0.1) is 0 Å². The quantitative estimate of drug-likeness (QED) is 0.362. The zero-order valence-electron chi connectivity index (χ0n) is 16.4. The number of ether oxygens (including phenoxy) is 1. The lowest BCUT2D eigenvalue weighted by molar-refractivity contribution is -0.0355. The van der Waals surface area contributed by atoms with Gasteiger partial charge in [-0.3, -0.25) is 9.13 Å². The van der Waals surface area contributed by atoms with Crippen molar-refractivity contribution in [2.45, 2.75) is 62.7 Å². The number of nitrogens with zero attached hydrogens (tertiary/aromatic N) is 5. The molecule has 2 aromatic heterocycles. The lowest BCUT2D eigenvalue weighted by Crippen LogP contribution is -2.32. The predicted molar refractivity (Wildman–Crippen MR) is 108 cm³/mol. The molecule has 0 amide bonds. The molecule has 1 aliphatic heterocycles. The minimum atomic E-state index is -4.25. The van der Waals surface area contributed by atoms with Crippen LogP contribution in [0.15, 0.2) is 6.33 Å².